The van der Waals surface area contributed by atoms with Crippen LogP contribution in [0.5, 0.6) is 11.5 Å². The Balaban J connectivity index is 1.76. The Bertz CT molecular complexity index is 671. The maximum atomic E-state index is 12.0. The van der Waals surface area contributed by atoms with Gasteiger partial charge in [0.05, 0.1) is 0 Å². The molecule has 0 aliphatic heterocycles. The third-order valence-electron chi connectivity index (χ3n) is 2.87. The van der Waals surface area contributed by atoms with Gasteiger partial charge in [0.2, 0.25) is 0 Å². The van der Waals surface area contributed by atoms with Crippen molar-refractivity contribution >= 4 is 11.8 Å². The SMILES string of the molecule is O=C(COc1ccccc1)OCC(=O)c1ccc(OC(F)F)cc1. The van der Waals surface area contributed by atoms with Crippen LogP contribution in [-0.2, 0) is 9.53 Å². The van der Waals surface area contributed by atoms with Gasteiger partial charge in [-0.1, -0.05) is 18.2 Å². The number of esters is 1. The summed E-state index contributed by atoms with van der Waals surface area (Å²) >= 11 is 0. The molecule has 0 amide bonds. The highest BCUT2D eigenvalue weighted by atomic mass is 19.3. The Morgan fingerprint density at radius 1 is 0.875 bits per heavy atom. The summed E-state index contributed by atoms with van der Waals surface area (Å²) in [5, 5.41) is 0. The van der Waals surface area contributed by atoms with Crippen LogP contribution in [0.4, 0.5) is 8.78 Å². The van der Waals surface area contributed by atoms with Crippen LogP contribution in [0.15, 0.2) is 54.6 Å². The van der Waals surface area contributed by atoms with Gasteiger partial charge in [0.1, 0.15) is 11.5 Å². The summed E-state index contributed by atoms with van der Waals surface area (Å²) in [6.07, 6.45) is 0. The summed E-state index contributed by atoms with van der Waals surface area (Å²) in [6, 6.07) is 13.8. The van der Waals surface area contributed by atoms with Crippen LogP contribution < -0.4 is 9.47 Å². The first kappa shape index (κ1) is 17.4. The van der Waals surface area contributed by atoms with E-state index in [1.54, 1.807) is 24.3 Å². The van der Waals surface area contributed by atoms with E-state index in [-0.39, 0.29) is 17.9 Å². The van der Waals surface area contributed by atoms with E-state index in [1.807, 2.05) is 6.07 Å². The minimum absolute atomic E-state index is 0.0604. The fourth-order valence-electron chi connectivity index (χ4n) is 1.75. The molecule has 0 spiro atoms. The Kier molecular flexibility index (Phi) is 6.24. The van der Waals surface area contributed by atoms with Crippen molar-refractivity contribution in [3.05, 3.63) is 60.2 Å². The van der Waals surface area contributed by atoms with Crippen molar-refractivity contribution in [3.63, 3.8) is 0 Å². The number of alkyl halides is 2. The van der Waals surface area contributed by atoms with Crippen molar-refractivity contribution in [2.75, 3.05) is 13.2 Å². The fraction of sp³-hybridized carbons (Fsp3) is 0.176. The first-order valence-electron chi connectivity index (χ1n) is 6.96. The Morgan fingerprint density at radius 2 is 1.54 bits per heavy atom. The van der Waals surface area contributed by atoms with Gasteiger partial charge in [0.25, 0.3) is 0 Å². The molecular formula is C17H14F2O5. The van der Waals surface area contributed by atoms with E-state index in [0.717, 1.165) is 0 Å². The predicted molar refractivity (Wildman–Crippen MR) is 80.3 cm³/mol. The highest BCUT2D eigenvalue weighted by Crippen LogP contribution is 2.15. The fourth-order valence-corrected chi connectivity index (χ4v) is 1.75. The molecule has 5 nitrogen and oxygen atoms in total. The molecule has 2 aromatic rings. The number of para-hydroxylation sites is 1. The quantitative estimate of drug-likeness (QED) is 0.548. The first-order chi connectivity index (χ1) is 11.5. The number of ether oxygens (including phenoxy) is 3. The molecule has 0 radical (unpaired) electrons. The molecule has 0 N–H and O–H groups in total. The largest absolute Gasteiger partial charge is 0.482 e. The average Bonchev–Trinajstić information content (AvgIpc) is 2.59. The lowest BCUT2D eigenvalue weighted by molar-refractivity contribution is -0.144. The second-order valence-corrected chi connectivity index (χ2v) is 4.59. The van der Waals surface area contributed by atoms with Gasteiger partial charge in [-0.15, -0.1) is 0 Å². The molecule has 126 valence electrons. The summed E-state index contributed by atoms with van der Waals surface area (Å²) in [5.74, 6) is -0.707. The molecule has 7 heteroatoms. The normalized spacial score (nSPS) is 10.3. The van der Waals surface area contributed by atoms with Crippen LogP contribution in [0.2, 0.25) is 0 Å². The molecule has 2 rings (SSSR count). The molecule has 0 aliphatic carbocycles. The lowest BCUT2D eigenvalue weighted by Crippen LogP contribution is -2.19. The first-order valence-corrected chi connectivity index (χ1v) is 6.96. The topological polar surface area (TPSA) is 61.8 Å². The summed E-state index contributed by atoms with van der Waals surface area (Å²) < 4.78 is 38.2. The smallest absolute Gasteiger partial charge is 0.387 e. The summed E-state index contributed by atoms with van der Waals surface area (Å²) in [6.45, 7) is -3.72. The number of Topliss-reactive ketones (excluding diaryl/α,β-unsaturated/α-hetero) is 1. The van der Waals surface area contributed by atoms with E-state index in [0.29, 0.717) is 5.75 Å². The second-order valence-electron chi connectivity index (χ2n) is 4.59. The lowest BCUT2D eigenvalue weighted by atomic mass is 10.1. The van der Waals surface area contributed by atoms with Crippen molar-refractivity contribution in [2.45, 2.75) is 6.61 Å². The molecule has 24 heavy (non-hydrogen) atoms. The molecule has 0 saturated carbocycles. The number of benzene rings is 2. The number of hydrogen-bond donors (Lipinski definition) is 0. The van der Waals surface area contributed by atoms with E-state index in [2.05, 4.69) is 4.74 Å². The van der Waals surface area contributed by atoms with Gasteiger partial charge in [0.15, 0.2) is 19.0 Å². The van der Waals surface area contributed by atoms with E-state index in [1.165, 1.54) is 24.3 Å². The van der Waals surface area contributed by atoms with Crippen molar-refractivity contribution in [2.24, 2.45) is 0 Å². The minimum atomic E-state index is -2.93. The monoisotopic (exact) mass is 336 g/mol. The van der Waals surface area contributed by atoms with Crippen LogP contribution in [0.25, 0.3) is 0 Å². The van der Waals surface area contributed by atoms with Gasteiger partial charge in [-0.3, -0.25) is 4.79 Å². The van der Waals surface area contributed by atoms with E-state index in [4.69, 9.17) is 9.47 Å². The van der Waals surface area contributed by atoms with Gasteiger partial charge < -0.3 is 14.2 Å². The minimum Gasteiger partial charge on any atom is -0.482 e. The third kappa shape index (κ3) is 5.68. The third-order valence-corrected chi connectivity index (χ3v) is 2.87. The number of rotatable bonds is 8. The Labute approximate surface area is 136 Å². The zero-order chi connectivity index (χ0) is 17.4. The van der Waals surface area contributed by atoms with Crippen LogP contribution >= 0.6 is 0 Å². The molecule has 0 fully saturated rings. The zero-order valence-electron chi connectivity index (χ0n) is 12.5. The van der Waals surface area contributed by atoms with Crippen LogP contribution in [0, 0.1) is 0 Å². The van der Waals surface area contributed by atoms with Crippen molar-refractivity contribution in [1.29, 1.82) is 0 Å². The standard InChI is InChI=1S/C17H14F2O5/c18-17(19)24-14-8-6-12(7-9-14)15(20)10-23-16(21)11-22-13-4-2-1-3-5-13/h1-9,17H,10-11H2. The van der Waals surface area contributed by atoms with Gasteiger partial charge in [0, 0.05) is 5.56 Å². The lowest BCUT2D eigenvalue weighted by Gasteiger charge is -2.07. The highest BCUT2D eigenvalue weighted by molar-refractivity contribution is 5.98. The molecule has 0 bridgehead atoms. The van der Waals surface area contributed by atoms with E-state index >= 15 is 0 Å². The van der Waals surface area contributed by atoms with Crippen LogP contribution in [-0.4, -0.2) is 31.6 Å². The van der Waals surface area contributed by atoms with Gasteiger partial charge in [-0.25, -0.2) is 4.79 Å². The van der Waals surface area contributed by atoms with Gasteiger partial charge in [-0.05, 0) is 36.4 Å². The Morgan fingerprint density at radius 3 is 2.17 bits per heavy atom. The molecule has 0 aromatic heterocycles. The van der Waals surface area contributed by atoms with Crippen LogP contribution in [0.1, 0.15) is 10.4 Å². The molecule has 0 heterocycles. The van der Waals surface area contributed by atoms with Gasteiger partial charge in [-0.2, -0.15) is 8.78 Å². The van der Waals surface area contributed by atoms with Gasteiger partial charge >= 0.3 is 12.6 Å². The van der Waals surface area contributed by atoms with Crippen molar-refractivity contribution in [1.82, 2.24) is 0 Å². The number of hydrogen-bond acceptors (Lipinski definition) is 5. The summed E-state index contributed by atoms with van der Waals surface area (Å²) in [5.41, 5.74) is 0.216. The average molecular weight is 336 g/mol. The molecule has 0 aliphatic rings. The zero-order valence-corrected chi connectivity index (χ0v) is 12.5. The molecule has 0 unspecified atom stereocenters. The number of ketones is 1. The predicted octanol–water partition coefficient (Wildman–Crippen LogP) is 3.09. The van der Waals surface area contributed by atoms with E-state index in [9.17, 15) is 18.4 Å². The second kappa shape index (κ2) is 8.61. The highest BCUT2D eigenvalue weighted by Gasteiger charge is 2.11. The molecular weight excluding hydrogens is 322 g/mol. The summed E-state index contributed by atoms with van der Waals surface area (Å²) in [7, 11) is 0. The molecule has 0 saturated heterocycles. The maximum absolute atomic E-state index is 12.0. The number of carbonyl (C=O) groups excluding carboxylic acids is 2. The summed E-state index contributed by atoms with van der Waals surface area (Å²) in [4.78, 5) is 23.4. The number of carbonyl (C=O) groups is 2. The Hall–Kier alpha value is -2.96. The van der Waals surface area contributed by atoms with E-state index < -0.39 is 25.0 Å². The molecule has 2 aromatic carbocycles. The van der Waals surface area contributed by atoms with Crippen molar-refractivity contribution < 1.29 is 32.6 Å². The maximum Gasteiger partial charge on any atom is 0.387 e. The molecule has 0 atom stereocenters. The van der Waals surface area contributed by atoms with Crippen molar-refractivity contribution in [3.8, 4) is 11.5 Å². The van der Waals surface area contributed by atoms with Crippen LogP contribution in [0.3, 0.4) is 0 Å². The number of halogens is 2.